The standard InChI is InChI=1S/C12H12O3/c1-7-4-2-3-5-8(7)11(13)9-6-10(9)12(14)15/h2-5,9-10H,6H2,1H3,(H,14,15). The summed E-state index contributed by atoms with van der Waals surface area (Å²) < 4.78 is 0. The SMILES string of the molecule is Cc1ccccc1C(=O)C1CC1C(=O)O. The van der Waals surface area contributed by atoms with Gasteiger partial charge in [0, 0.05) is 11.5 Å². The van der Waals surface area contributed by atoms with Crippen LogP contribution in [-0.2, 0) is 4.79 Å². The van der Waals surface area contributed by atoms with Crippen molar-refractivity contribution in [3.63, 3.8) is 0 Å². The van der Waals surface area contributed by atoms with Crippen LogP contribution in [0.1, 0.15) is 22.3 Å². The number of hydrogen-bond acceptors (Lipinski definition) is 2. The van der Waals surface area contributed by atoms with Crippen molar-refractivity contribution >= 4 is 11.8 Å². The molecule has 0 aromatic heterocycles. The van der Waals surface area contributed by atoms with E-state index >= 15 is 0 Å². The van der Waals surface area contributed by atoms with Gasteiger partial charge in [-0.25, -0.2) is 0 Å². The fraction of sp³-hybridized carbons (Fsp3) is 0.333. The molecule has 78 valence electrons. The van der Waals surface area contributed by atoms with E-state index in [1.54, 1.807) is 12.1 Å². The molecule has 1 aromatic rings. The molecule has 0 bridgehead atoms. The number of carboxylic acids is 1. The largest absolute Gasteiger partial charge is 0.481 e. The lowest BCUT2D eigenvalue weighted by Crippen LogP contribution is -2.09. The molecule has 2 unspecified atom stereocenters. The molecule has 15 heavy (non-hydrogen) atoms. The topological polar surface area (TPSA) is 54.4 Å². The van der Waals surface area contributed by atoms with Crippen molar-refractivity contribution in [1.82, 2.24) is 0 Å². The lowest BCUT2D eigenvalue weighted by Gasteiger charge is -2.02. The number of carboxylic acid groups (broad SMARTS) is 1. The fourth-order valence-corrected chi connectivity index (χ4v) is 1.81. The van der Waals surface area contributed by atoms with Crippen molar-refractivity contribution in [2.75, 3.05) is 0 Å². The molecule has 3 heteroatoms. The first-order chi connectivity index (χ1) is 7.11. The van der Waals surface area contributed by atoms with Crippen molar-refractivity contribution in [1.29, 1.82) is 0 Å². The fourth-order valence-electron chi connectivity index (χ4n) is 1.81. The van der Waals surface area contributed by atoms with Crippen LogP contribution in [0.4, 0.5) is 0 Å². The maximum atomic E-state index is 11.9. The van der Waals surface area contributed by atoms with Crippen LogP contribution >= 0.6 is 0 Å². The average molecular weight is 204 g/mol. The van der Waals surface area contributed by atoms with E-state index in [-0.39, 0.29) is 11.7 Å². The zero-order chi connectivity index (χ0) is 11.0. The van der Waals surface area contributed by atoms with Crippen LogP contribution in [-0.4, -0.2) is 16.9 Å². The average Bonchev–Trinajstić information content (AvgIpc) is 2.97. The molecule has 3 nitrogen and oxygen atoms in total. The maximum absolute atomic E-state index is 11.9. The quantitative estimate of drug-likeness (QED) is 0.765. The van der Waals surface area contributed by atoms with Gasteiger partial charge >= 0.3 is 5.97 Å². The minimum Gasteiger partial charge on any atom is -0.481 e. The summed E-state index contributed by atoms with van der Waals surface area (Å²) in [7, 11) is 0. The summed E-state index contributed by atoms with van der Waals surface area (Å²) in [4.78, 5) is 22.5. The van der Waals surface area contributed by atoms with E-state index in [1.807, 2.05) is 19.1 Å². The molecule has 0 aliphatic heterocycles. The molecular formula is C12H12O3. The summed E-state index contributed by atoms with van der Waals surface area (Å²) >= 11 is 0. The van der Waals surface area contributed by atoms with Gasteiger partial charge in [-0.2, -0.15) is 0 Å². The van der Waals surface area contributed by atoms with Gasteiger partial charge in [-0.1, -0.05) is 24.3 Å². The van der Waals surface area contributed by atoms with E-state index in [1.165, 1.54) is 0 Å². The van der Waals surface area contributed by atoms with E-state index < -0.39 is 11.9 Å². The molecule has 2 atom stereocenters. The van der Waals surface area contributed by atoms with E-state index in [2.05, 4.69) is 0 Å². The number of ketones is 1. The van der Waals surface area contributed by atoms with Gasteiger partial charge in [-0.05, 0) is 18.9 Å². The van der Waals surface area contributed by atoms with E-state index in [0.29, 0.717) is 12.0 Å². The Bertz CT molecular complexity index is 423. The first-order valence-corrected chi connectivity index (χ1v) is 4.94. The molecule has 0 heterocycles. The van der Waals surface area contributed by atoms with Gasteiger partial charge < -0.3 is 5.11 Å². The Labute approximate surface area is 87.7 Å². The summed E-state index contributed by atoms with van der Waals surface area (Å²) in [6.07, 6.45) is 0.489. The molecule has 2 rings (SSSR count). The molecule has 0 spiro atoms. The molecule has 0 saturated heterocycles. The predicted molar refractivity (Wildman–Crippen MR) is 54.7 cm³/mol. The number of hydrogen-bond donors (Lipinski definition) is 1. The Balaban J connectivity index is 2.17. The van der Waals surface area contributed by atoms with Crippen LogP contribution in [0.5, 0.6) is 0 Å². The molecule has 0 amide bonds. The number of aryl methyl sites for hydroxylation is 1. The zero-order valence-corrected chi connectivity index (χ0v) is 8.43. The third-order valence-corrected chi connectivity index (χ3v) is 2.85. The van der Waals surface area contributed by atoms with Crippen molar-refractivity contribution < 1.29 is 14.7 Å². The summed E-state index contributed by atoms with van der Waals surface area (Å²) in [6.45, 7) is 1.87. The van der Waals surface area contributed by atoms with Gasteiger partial charge in [-0.15, -0.1) is 0 Å². The number of Topliss-reactive ketones (excluding diaryl/α,β-unsaturated/α-hetero) is 1. The molecule has 1 aliphatic carbocycles. The highest BCUT2D eigenvalue weighted by Gasteiger charge is 2.48. The molecular weight excluding hydrogens is 192 g/mol. The van der Waals surface area contributed by atoms with Crippen LogP contribution in [0.15, 0.2) is 24.3 Å². The van der Waals surface area contributed by atoms with Gasteiger partial charge in [0.1, 0.15) is 0 Å². The minimum absolute atomic E-state index is 0.0273. The van der Waals surface area contributed by atoms with Crippen molar-refractivity contribution in [2.45, 2.75) is 13.3 Å². The highest BCUT2D eigenvalue weighted by Crippen LogP contribution is 2.41. The molecule has 1 saturated carbocycles. The van der Waals surface area contributed by atoms with Crippen molar-refractivity contribution in [3.05, 3.63) is 35.4 Å². The summed E-state index contributed by atoms with van der Waals surface area (Å²) in [5.74, 6) is -1.65. The van der Waals surface area contributed by atoms with Crippen LogP contribution in [0.3, 0.4) is 0 Å². The third-order valence-electron chi connectivity index (χ3n) is 2.85. The maximum Gasteiger partial charge on any atom is 0.307 e. The lowest BCUT2D eigenvalue weighted by molar-refractivity contribution is -0.138. The van der Waals surface area contributed by atoms with Gasteiger partial charge in [0.05, 0.1) is 5.92 Å². The molecule has 1 N–H and O–H groups in total. The Morgan fingerprint density at radius 1 is 1.27 bits per heavy atom. The molecule has 1 fully saturated rings. The summed E-state index contributed by atoms with van der Waals surface area (Å²) in [5, 5.41) is 8.74. The monoisotopic (exact) mass is 204 g/mol. The smallest absolute Gasteiger partial charge is 0.307 e. The van der Waals surface area contributed by atoms with E-state index in [9.17, 15) is 9.59 Å². The summed E-state index contributed by atoms with van der Waals surface area (Å²) in [6, 6.07) is 7.30. The highest BCUT2D eigenvalue weighted by molar-refractivity contribution is 6.03. The first-order valence-electron chi connectivity index (χ1n) is 4.94. The van der Waals surface area contributed by atoms with Crippen LogP contribution in [0.2, 0.25) is 0 Å². The minimum atomic E-state index is -0.859. The second kappa shape index (κ2) is 3.50. The third kappa shape index (κ3) is 1.77. The number of aliphatic carboxylic acids is 1. The van der Waals surface area contributed by atoms with Gasteiger partial charge in [0.2, 0.25) is 0 Å². The molecule has 1 aliphatic rings. The van der Waals surface area contributed by atoms with Crippen molar-refractivity contribution in [2.24, 2.45) is 11.8 Å². The van der Waals surface area contributed by atoms with E-state index in [4.69, 9.17) is 5.11 Å². The normalized spacial score (nSPS) is 23.5. The summed E-state index contributed by atoms with van der Waals surface area (Å²) in [5.41, 5.74) is 1.57. The zero-order valence-electron chi connectivity index (χ0n) is 8.43. The second-order valence-corrected chi connectivity index (χ2v) is 3.97. The number of benzene rings is 1. The Morgan fingerprint density at radius 3 is 2.47 bits per heavy atom. The Hall–Kier alpha value is -1.64. The van der Waals surface area contributed by atoms with Gasteiger partial charge in [0.15, 0.2) is 5.78 Å². The second-order valence-electron chi connectivity index (χ2n) is 3.97. The van der Waals surface area contributed by atoms with Crippen molar-refractivity contribution in [3.8, 4) is 0 Å². The predicted octanol–water partition coefficient (Wildman–Crippen LogP) is 1.90. The number of rotatable bonds is 3. The number of carbonyl (C=O) groups excluding carboxylic acids is 1. The number of carbonyl (C=O) groups is 2. The van der Waals surface area contributed by atoms with Crippen LogP contribution in [0.25, 0.3) is 0 Å². The van der Waals surface area contributed by atoms with Crippen LogP contribution in [0, 0.1) is 18.8 Å². The molecule has 0 radical (unpaired) electrons. The van der Waals surface area contributed by atoms with E-state index in [0.717, 1.165) is 5.56 Å². The lowest BCUT2D eigenvalue weighted by atomic mass is 10.0. The first kappa shape index (κ1) is 9.90. The highest BCUT2D eigenvalue weighted by atomic mass is 16.4. The Morgan fingerprint density at radius 2 is 1.93 bits per heavy atom. The Kier molecular flexibility index (Phi) is 2.31. The molecule has 1 aromatic carbocycles. The van der Waals surface area contributed by atoms with Gasteiger partial charge in [-0.3, -0.25) is 9.59 Å². The van der Waals surface area contributed by atoms with Crippen LogP contribution < -0.4 is 0 Å². The van der Waals surface area contributed by atoms with Gasteiger partial charge in [0.25, 0.3) is 0 Å².